The molecule has 2 N–H and O–H groups in total. The van der Waals surface area contributed by atoms with E-state index in [9.17, 15) is 4.79 Å². The number of carbonyl (C=O) groups is 1. The summed E-state index contributed by atoms with van der Waals surface area (Å²) in [7, 11) is 0. The van der Waals surface area contributed by atoms with Crippen LogP contribution >= 0.6 is 11.3 Å². The van der Waals surface area contributed by atoms with E-state index in [0.717, 1.165) is 11.3 Å². The fourth-order valence-electron chi connectivity index (χ4n) is 1.76. The Morgan fingerprint density at radius 1 is 1.63 bits per heavy atom. The average molecular weight is 280 g/mol. The zero-order valence-corrected chi connectivity index (χ0v) is 11.4. The first-order valence-electron chi connectivity index (χ1n) is 6.16. The molecule has 0 saturated carbocycles. The second-order valence-corrected chi connectivity index (χ2v) is 5.17. The van der Waals surface area contributed by atoms with Crippen molar-refractivity contribution in [2.24, 2.45) is 0 Å². The van der Waals surface area contributed by atoms with Crippen LogP contribution in [0.3, 0.4) is 0 Å². The first-order valence-corrected chi connectivity index (χ1v) is 7.04. The highest BCUT2D eigenvalue weighted by Crippen LogP contribution is 2.25. The molecule has 0 spiro atoms. The number of hydrogen-bond donors (Lipinski definition) is 2. The molecule has 5 nitrogen and oxygen atoms in total. The van der Waals surface area contributed by atoms with E-state index in [-0.39, 0.29) is 0 Å². The Labute approximate surface area is 115 Å². The van der Waals surface area contributed by atoms with Gasteiger partial charge in [0.25, 0.3) is 0 Å². The molecule has 2 rings (SSSR count). The molecule has 2 heterocycles. The van der Waals surface area contributed by atoms with E-state index in [1.807, 2.05) is 30.5 Å². The molecule has 0 saturated heterocycles. The Bertz CT molecular complexity index is 522. The van der Waals surface area contributed by atoms with E-state index in [0.29, 0.717) is 24.4 Å². The molecular formula is C13H16N2O3S. The summed E-state index contributed by atoms with van der Waals surface area (Å²) in [5.74, 6) is -0.113. The summed E-state index contributed by atoms with van der Waals surface area (Å²) >= 11 is 1.58. The fourth-order valence-corrected chi connectivity index (χ4v) is 2.43. The number of aromatic nitrogens is 1. The predicted octanol–water partition coefficient (Wildman–Crippen LogP) is 2.75. The van der Waals surface area contributed by atoms with Crippen molar-refractivity contribution in [3.8, 4) is 10.6 Å². The van der Waals surface area contributed by atoms with Crippen LogP contribution in [-0.2, 0) is 11.3 Å². The Morgan fingerprint density at radius 2 is 2.47 bits per heavy atom. The first-order chi connectivity index (χ1) is 9.20. The van der Waals surface area contributed by atoms with Crippen LogP contribution in [0, 0.1) is 0 Å². The molecule has 0 aromatic carbocycles. The van der Waals surface area contributed by atoms with Crippen molar-refractivity contribution in [1.82, 2.24) is 10.5 Å². The quantitative estimate of drug-likeness (QED) is 0.815. The predicted molar refractivity (Wildman–Crippen MR) is 73.0 cm³/mol. The summed E-state index contributed by atoms with van der Waals surface area (Å²) in [4.78, 5) is 12.0. The Balaban J connectivity index is 1.95. The van der Waals surface area contributed by atoms with Crippen LogP contribution in [0.1, 0.15) is 25.5 Å². The topological polar surface area (TPSA) is 75.4 Å². The van der Waals surface area contributed by atoms with Gasteiger partial charge in [-0.3, -0.25) is 10.1 Å². The van der Waals surface area contributed by atoms with E-state index in [4.69, 9.17) is 9.63 Å². The first kappa shape index (κ1) is 13.8. The van der Waals surface area contributed by atoms with Gasteiger partial charge in [0, 0.05) is 12.6 Å². The summed E-state index contributed by atoms with van der Waals surface area (Å²) in [6.45, 7) is 2.36. The number of nitrogens with zero attached hydrogens (tertiary/aromatic N) is 1. The van der Waals surface area contributed by atoms with Gasteiger partial charge in [0.15, 0.2) is 5.76 Å². The Hall–Kier alpha value is -1.66. The van der Waals surface area contributed by atoms with Gasteiger partial charge in [0.2, 0.25) is 0 Å². The van der Waals surface area contributed by atoms with Crippen LogP contribution in [-0.4, -0.2) is 22.3 Å². The molecule has 0 amide bonds. The van der Waals surface area contributed by atoms with Crippen molar-refractivity contribution in [2.75, 3.05) is 0 Å². The lowest BCUT2D eigenvalue weighted by molar-refractivity contribution is -0.139. The number of carboxylic acid groups (broad SMARTS) is 1. The van der Waals surface area contributed by atoms with Gasteiger partial charge in [-0.2, -0.15) is 0 Å². The van der Waals surface area contributed by atoms with Crippen LogP contribution < -0.4 is 5.32 Å². The lowest BCUT2D eigenvalue weighted by Crippen LogP contribution is -2.36. The van der Waals surface area contributed by atoms with Crippen molar-refractivity contribution in [3.63, 3.8) is 0 Å². The molecule has 0 radical (unpaired) electrons. The molecule has 0 bridgehead atoms. The maximum Gasteiger partial charge on any atom is 0.320 e. The van der Waals surface area contributed by atoms with E-state index >= 15 is 0 Å². The monoisotopic (exact) mass is 280 g/mol. The fraction of sp³-hybridized carbons (Fsp3) is 0.385. The van der Waals surface area contributed by atoms with E-state index in [2.05, 4.69) is 10.5 Å². The van der Waals surface area contributed by atoms with Gasteiger partial charge in [-0.05, 0) is 17.9 Å². The normalized spacial score (nSPS) is 12.5. The Morgan fingerprint density at radius 3 is 3.11 bits per heavy atom. The SMILES string of the molecule is CCCC(NCc1cc(-c2cccs2)on1)C(=O)O. The zero-order chi connectivity index (χ0) is 13.7. The average Bonchev–Trinajstić information content (AvgIpc) is 3.04. The minimum atomic E-state index is -0.830. The molecule has 2 aromatic heterocycles. The molecule has 0 aliphatic rings. The van der Waals surface area contributed by atoms with Gasteiger partial charge in [-0.25, -0.2) is 0 Å². The largest absolute Gasteiger partial charge is 0.480 e. The number of hydrogen-bond acceptors (Lipinski definition) is 5. The molecule has 1 unspecified atom stereocenters. The van der Waals surface area contributed by atoms with Crippen molar-refractivity contribution in [1.29, 1.82) is 0 Å². The molecular weight excluding hydrogens is 264 g/mol. The smallest absolute Gasteiger partial charge is 0.320 e. The molecule has 0 aliphatic heterocycles. The third kappa shape index (κ3) is 3.65. The number of aliphatic carboxylic acids is 1. The molecule has 102 valence electrons. The van der Waals surface area contributed by atoms with Gasteiger partial charge >= 0.3 is 5.97 Å². The van der Waals surface area contributed by atoms with Crippen LogP contribution in [0.15, 0.2) is 28.1 Å². The third-order valence-electron chi connectivity index (χ3n) is 2.73. The molecule has 19 heavy (non-hydrogen) atoms. The number of rotatable bonds is 7. The molecule has 0 fully saturated rings. The lowest BCUT2D eigenvalue weighted by Gasteiger charge is -2.11. The second-order valence-electron chi connectivity index (χ2n) is 4.22. The number of nitrogens with one attached hydrogen (secondary N) is 1. The summed E-state index contributed by atoms with van der Waals surface area (Å²) in [5, 5.41) is 17.9. The maximum atomic E-state index is 11.0. The highest BCUT2D eigenvalue weighted by atomic mass is 32.1. The zero-order valence-electron chi connectivity index (χ0n) is 10.6. The Kier molecular flexibility index (Phi) is 4.70. The minimum absolute atomic E-state index is 0.395. The van der Waals surface area contributed by atoms with Crippen molar-refractivity contribution in [2.45, 2.75) is 32.4 Å². The summed E-state index contributed by atoms with van der Waals surface area (Å²) in [6, 6.07) is 5.21. The minimum Gasteiger partial charge on any atom is -0.480 e. The number of carboxylic acids is 1. The summed E-state index contributed by atoms with van der Waals surface area (Å²) in [6.07, 6.45) is 1.42. The summed E-state index contributed by atoms with van der Waals surface area (Å²) < 4.78 is 5.23. The summed E-state index contributed by atoms with van der Waals surface area (Å²) in [5.41, 5.74) is 0.714. The van der Waals surface area contributed by atoms with Crippen LogP contribution in [0.4, 0.5) is 0 Å². The van der Waals surface area contributed by atoms with E-state index < -0.39 is 12.0 Å². The van der Waals surface area contributed by atoms with Crippen molar-refractivity contribution >= 4 is 17.3 Å². The van der Waals surface area contributed by atoms with Gasteiger partial charge < -0.3 is 9.63 Å². The van der Waals surface area contributed by atoms with Crippen LogP contribution in [0.5, 0.6) is 0 Å². The van der Waals surface area contributed by atoms with Crippen LogP contribution in [0.2, 0.25) is 0 Å². The highest BCUT2D eigenvalue weighted by molar-refractivity contribution is 7.13. The highest BCUT2D eigenvalue weighted by Gasteiger charge is 2.16. The van der Waals surface area contributed by atoms with Crippen molar-refractivity contribution in [3.05, 3.63) is 29.3 Å². The van der Waals surface area contributed by atoms with Gasteiger partial charge in [-0.15, -0.1) is 11.3 Å². The van der Waals surface area contributed by atoms with Crippen molar-refractivity contribution < 1.29 is 14.4 Å². The molecule has 6 heteroatoms. The van der Waals surface area contributed by atoms with E-state index in [1.165, 1.54) is 0 Å². The van der Waals surface area contributed by atoms with E-state index in [1.54, 1.807) is 11.3 Å². The molecule has 1 atom stereocenters. The lowest BCUT2D eigenvalue weighted by atomic mass is 10.1. The standard InChI is InChI=1S/C13H16N2O3S/c1-2-4-10(13(16)17)14-8-9-7-11(18-15-9)12-5-3-6-19-12/h3,5-7,10,14H,2,4,8H2,1H3,(H,16,17). The van der Waals surface area contributed by atoms with Gasteiger partial charge in [-0.1, -0.05) is 24.6 Å². The van der Waals surface area contributed by atoms with Gasteiger partial charge in [0.1, 0.15) is 6.04 Å². The third-order valence-corrected chi connectivity index (χ3v) is 3.61. The molecule has 0 aliphatic carbocycles. The second kappa shape index (κ2) is 6.49. The molecule has 2 aromatic rings. The number of thiophene rings is 1. The maximum absolute atomic E-state index is 11.0. The van der Waals surface area contributed by atoms with Gasteiger partial charge in [0.05, 0.1) is 10.6 Å². The van der Waals surface area contributed by atoms with Crippen LogP contribution in [0.25, 0.3) is 10.6 Å².